The van der Waals surface area contributed by atoms with Crippen molar-refractivity contribution >= 4 is 5.91 Å². The second kappa shape index (κ2) is 52.8. The largest absolute Gasteiger partial charge is 0.394 e. The molecule has 9 nitrogen and oxygen atoms in total. The summed E-state index contributed by atoms with van der Waals surface area (Å²) < 4.78 is 11.3. The lowest BCUT2D eigenvalue weighted by Crippen LogP contribution is -2.60. The maximum Gasteiger partial charge on any atom is 0.220 e. The first-order chi connectivity index (χ1) is 35.8. The van der Waals surface area contributed by atoms with Gasteiger partial charge in [-0.25, -0.2) is 0 Å². The minimum Gasteiger partial charge on any atom is -0.394 e. The zero-order valence-corrected chi connectivity index (χ0v) is 46.9. The van der Waals surface area contributed by atoms with Crippen LogP contribution in [0.3, 0.4) is 0 Å². The highest BCUT2D eigenvalue weighted by Crippen LogP contribution is 2.23. The minimum absolute atomic E-state index is 0.197. The van der Waals surface area contributed by atoms with Crippen molar-refractivity contribution in [2.45, 2.75) is 301 Å². The summed E-state index contributed by atoms with van der Waals surface area (Å²) in [6.07, 6.45) is 68.0. The first-order valence-electron chi connectivity index (χ1n) is 30.3. The lowest BCUT2D eigenvalue weighted by Gasteiger charge is -2.40. The van der Waals surface area contributed by atoms with Crippen molar-refractivity contribution in [3.63, 3.8) is 0 Å². The fourth-order valence-electron chi connectivity index (χ4n) is 9.18. The lowest BCUT2D eigenvalue weighted by molar-refractivity contribution is -0.302. The Morgan fingerprint density at radius 1 is 0.479 bits per heavy atom. The molecule has 1 heterocycles. The van der Waals surface area contributed by atoms with Crippen molar-refractivity contribution in [2.24, 2.45) is 0 Å². The number of ether oxygens (including phenoxy) is 2. The van der Waals surface area contributed by atoms with Gasteiger partial charge in [0.25, 0.3) is 0 Å². The number of amides is 1. The zero-order chi connectivity index (χ0) is 52.9. The van der Waals surface area contributed by atoms with E-state index >= 15 is 0 Å². The Hall–Kier alpha value is -2.63. The molecule has 1 amide bonds. The van der Waals surface area contributed by atoms with Crippen molar-refractivity contribution in [3.05, 3.63) is 85.1 Å². The van der Waals surface area contributed by atoms with Crippen molar-refractivity contribution in [1.82, 2.24) is 5.32 Å². The first-order valence-corrected chi connectivity index (χ1v) is 30.3. The third-order valence-electron chi connectivity index (χ3n) is 13.9. The van der Waals surface area contributed by atoms with Crippen molar-refractivity contribution in [2.75, 3.05) is 13.2 Å². The van der Waals surface area contributed by atoms with E-state index in [9.17, 15) is 30.3 Å². The van der Waals surface area contributed by atoms with E-state index in [4.69, 9.17) is 9.47 Å². The molecule has 0 saturated carbocycles. The van der Waals surface area contributed by atoms with Gasteiger partial charge in [-0.2, -0.15) is 0 Å². The molecule has 1 aliphatic heterocycles. The summed E-state index contributed by atoms with van der Waals surface area (Å²) in [4.78, 5) is 13.1. The number of aliphatic hydroxyl groups is 5. The minimum atomic E-state index is -1.58. The van der Waals surface area contributed by atoms with E-state index < -0.39 is 49.5 Å². The number of hydrogen-bond acceptors (Lipinski definition) is 8. The van der Waals surface area contributed by atoms with Crippen LogP contribution in [0, 0.1) is 0 Å². The molecule has 9 heteroatoms. The molecule has 1 aliphatic rings. The summed E-state index contributed by atoms with van der Waals surface area (Å²) in [6.45, 7) is 3.66. The van der Waals surface area contributed by atoms with Crippen LogP contribution in [-0.4, -0.2) is 87.5 Å². The normalized spacial score (nSPS) is 19.7. The quantitative estimate of drug-likeness (QED) is 0.0261. The molecule has 0 aromatic heterocycles. The van der Waals surface area contributed by atoms with Crippen LogP contribution in [0.5, 0.6) is 0 Å². The molecule has 1 rings (SSSR count). The third kappa shape index (κ3) is 42.2. The van der Waals surface area contributed by atoms with Gasteiger partial charge >= 0.3 is 0 Å². The van der Waals surface area contributed by atoms with Crippen molar-refractivity contribution in [3.8, 4) is 0 Å². The fraction of sp³-hybridized carbons (Fsp3) is 0.766. The average molecular weight is 1020 g/mol. The number of carbonyl (C=O) groups is 1. The number of nitrogens with one attached hydrogen (secondary N) is 1. The van der Waals surface area contributed by atoms with E-state index in [1.165, 1.54) is 154 Å². The molecule has 7 atom stereocenters. The number of hydrogen-bond donors (Lipinski definition) is 6. The van der Waals surface area contributed by atoms with Gasteiger partial charge in [-0.15, -0.1) is 0 Å². The Kier molecular flexibility index (Phi) is 49.5. The molecule has 73 heavy (non-hydrogen) atoms. The molecule has 6 N–H and O–H groups in total. The van der Waals surface area contributed by atoms with E-state index in [1.54, 1.807) is 6.08 Å². The molecule has 1 fully saturated rings. The maximum atomic E-state index is 13.1. The lowest BCUT2D eigenvalue weighted by atomic mass is 9.99. The highest BCUT2D eigenvalue weighted by atomic mass is 16.7. The second-order valence-corrected chi connectivity index (χ2v) is 20.7. The van der Waals surface area contributed by atoms with Gasteiger partial charge in [-0.1, -0.05) is 253 Å². The summed E-state index contributed by atoms with van der Waals surface area (Å²) in [5.41, 5.74) is 0. The SMILES string of the molecule is CC/C=C\C/C=C\C/C=C\C/C=C\CCCCCCCCCCCCC(=O)NC(COC1OC(CO)C(O)C(O)C1O)C(O)/C=C/CC/C=C/CC/C=C/CCCCCCCCCCCCCCCCCCC. The second-order valence-electron chi connectivity index (χ2n) is 20.7. The number of unbranched alkanes of at least 4 members (excludes halogenated alkanes) is 29. The third-order valence-corrected chi connectivity index (χ3v) is 13.9. The predicted octanol–water partition coefficient (Wildman–Crippen LogP) is 15.4. The molecule has 0 aromatic rings. The monoisotopic (exact) mass is 1020 g/mol. The van der Waals surface area contributed by atoms with E-state index in [0.29, 0.717) is 6.42 Å². The van der Waals surface area contributed by atoms with Crippen LogP contribution in [0.2, 0.25) is 0 Å². The van der Waals surface area contributed by atoms with Gasteiger partial charge in [-0.05, 0) is 83.5 Å². The van der Waals surface area contributed by atoms with E-state index in [-0.39, 0.29) is 12.5 Å². The standard InChI is InChI=1S/C64H113NO8/c1-3-5-7-9-11-13-15-17-19-21-23-25-27-28-29-30-32-33-35-37-39-41-43-45-47-49-51-53-58(67)57(56-72-64-63(71)62(70)61(69)59(55-66)73-64)65-60(68)54-52-50-48-46-44-42-40-38-36-34-31-26-24-22-20-18-16-14-12-10-8-6-4-2/h6,8,12,14,18,20,24,26,35,37,43,45,51,53,57-59,61-64,66-67,69-71H,3-5,7,9-11,13,15-17,19,21-23,25,27-34,36,38-42,44,46-50,52,54-56H2,1-2H3,(H,65,68)/b8-6-,14-12-,20-18-,26-24-,37-35+,45-43+,53-51+. The number of allylic oxidation sites excluding steroid dienone is 13. The Morgan fingerprint density at radius 3 is 1.32 bits per heavy atom. The molecule has 0 bridgehead atoms. The van der Waals surface area contributed by atoms with Gasteiger partial charge in [0.2, 0.25) is 5.91 Å². The molecule has 0 spiro atoms. The molecule has 0 aromatic carbocycles. The number of rotatable bonds is 51. The average Bonchev–Trinajstić information content (AvgIpc) is 3.39. The molecule has 0 aliphatic carbocycles. The number of carbonyl (C=O) groups excluding carboxylic acids is 1. The van der Waals surface area contributed by atoms with Crippen molar-refractivity contribution in [1.29, 1.82) is 0 Å². The summed E-state index contributed by atoms with van der Waals surface area (Å²) in [5, 5.41) is 54.6. The van der Waals surface area contributed by atoms with Gasteiger partial charge in [-0.3, -0.25) is 4.79 Å². The Bertz CT molecular complexity index is 1420. The van der Waals surface area contributed by atoms with Crippen LogP contribution >= 0.6 is 0 Å². The van der Waals surface area contributed by atoms with Crippen LogP contribution in [0.1, 0.15) is 258 Å². The summed E-state index contributed by atoms with van der Waals surface area (Å²) >= 11 is 0. The van der Waals surface area contributed by atoms with Gasteiger partial charge in [0.05, 0.1) is 25.4 Å². The molecule has 1 saturated heterocycles. The fourth-order valence-corrected chi connectivity index (χ4v) is 9.18. The number of aliphatic hydroxyl groups excluding tert-OH is 5. The predicted molar refractivity (Wildman–Crippen MR) is 308 cm³/mol. The zero-order valence-electron chi connectivity index (χ0n) is 46.9. The Balaban J connectivity index is 2.25. The highest BCUT2D eigenvalue weighted by molar-refractivity contribution is 5.76. The maximum absolute atomic E-state index is 13.1. The van der Waals surface area contributed by atoms with Crippen LogP contribution in [-0.2, 0) is 14.3 Å². The van der Waals surface area contributed by atoms with Gasteiger partial charge in [0, 0.05) is 6.42 Å². The van der Waals surface area contributed by atoms with E-state index in [1.807, 2.05) is 6.08 Å². The van der Waals surface area contributed by atoms with Crippen LogP contribution < -0.4 is 5.32 Å². The van der Waals surface area contributed by atoms with Crippen LogP contribution in [0.15, 0.2) is 85.1 Å². The van der Waals surface area contributed by atoms with Gasteiger partial charge in [0.1, 0.15) is 24.4 Å². The molecule has 422 valence electrons. The molecular weight excluding hydrogens is 911 g/mol. The smallest absolute Gasteiger partial charge is 0.220 e. The molecule has 0 radical (unpaired) electrons. The molecule has 7 unspecified atom stereocenters. The van der Waals surface area contributed by atoms with Crippen LogP contribution in [0.4, 0.5) is 0 Å². The first kappa shape index (κ1) is 68.4. The summed E-state index contributed by atoms with van der Waals surface area (Å²) in [5.74, 6) is -0.197. The summed E-state index contributed by atoms with van der Waals surface area (Å²) in [7, 11) is 0. The van der Waals surface area contributed by atoms with Gasteiger partial charge < -0.3 is 40.3 Å². The van der Waals surface area contributed by atoms with Gasteiger partial charge in [0.15, 0.2) is 6.29 Å². The van der Waals surface area contributed by atoms with E-state index in [0.717, 1.165) is 83.5 Å². The molecular formula is C64H113NO8. The Morgan fingerprint density at radius 2 is 0.863 bits per heavy atom. The van der Waals surface area contributed by atoms with Crippen LogP contribution in [0.25, 0.3) is 0 Å². The Labute approximate surface area is 448 Å². The highest BCUT2D eigenvalue weighted by Gasteiger charge is 2.44. The van der Waals surface area contributed by atoms with Crippen molar-refractivity contribution < 1.29 is 39.8 Å². The topological polar surface area (TPSA) is 149 Å². The van der Waals surface area contributed by atoms with E-state index in [2.05, 4.69) is 92.1 Å². The summed E-state index contributed by atoms with van der Waals surface area (Å²) in [6, 6.07) is -0.837.